The second-order valence-electron chi connectivity index (χ2n) is 6.78. The van der Waals surface area contributed by atoms with Crippen LogP contribution in [0, 0.1) is 5.41 Å². The van der Waals surface area contributed by atoms with Gasteiger partial charge in [0.15, 0.2) is 0 Å². The van der Waals surface area contributed by atoms with Gasteiger partial charge in [-0.05, 0) is 31.7 Å². The zero-order chi connectivity index (χ0) is 14.8. The fourth-order valence-corrected chi connectivity index (χ4v) is 2.46. The molecule has 0 saturated heterocycles. The smallest absolute Gasteiger partial charge is 0.252 e. The van der Waals surface area contributed by atoms with Crippen molar-refractivity contribution in [1.29, 1.82) is 0 Å². The Morgan fingerprint density at radius 1 is 1.32 bits per heavy atom. The fraction of sp³-hybridized carbons (Fsp3) is 0.571. The average Bonchev–Trinajstić information content (AvgIpc) is 2.16. The average molecular weight is 264 g/mol. The van der Waals surface area contributed by atoms with Crippen molar-refractivity contribution in [3.8, 4) is 0 Å². The molecule has 0 aromatic carbocycles. The number of carbonyl (C=O) groups excluding carboxylic acids is 1. The lowest BCUT2D eigenvalue weighted by atomic mass is 9.82. The predicted molar refractivity (Wildman–Crippen MR) is 78.9 cm³/mol. The Balaban J connectivity index is 3.02. The molecule has 5 N–H and O–H groups in total. The molecule has 0 aliphatic rings. The standard InChI is InChI=1S/C14H24N4O/c1-13(2,3)8-14(4,5)18-12-10(11(16)19)6-9(15)7-17-12/h6-7H,8,15H2,1-5H3,(H2,16,19)(H,17,18). The minimum atomic E-state index is -0.533. The van der Waals surface area contributed by atoms with E-state index in [4.69, 9.17) is 11.5 Å². The van der Waals surface area contributed by atoms with Crippen molar-refractivity contribution in [2.24, 2.45) is 11.1 Å². The summed E-state index contributed by atoms with van der Waals surface area (Å²) in [7, 11) is 0. The van der Waals surface area contributed by atoms with Gasteiger partial charge in [0.1, 0.15) is 5.82 Å². The van der Waals surface area contributed by atoms with Crippen molar-refractivity contribution in [2.45, 2.75) is 46.6 Å². The third kappa shape index (κ3) is 4.77. The molecule has 0 atom stereocenters. The Morgan fingerprint density at radius 3 is 2.37 bits per heavy atom. The number of hydrogen-bond donors (Lipinski definition) is 3. The van der Waals surface area contributed by atoms with E-state index in [9.17, 15) is 4.79 Å². The Hall–Kier alpha value is -1.78. The molecule has 106 valence electrons. The number of hydrogen-bond acceptors (Lipinski definition) is 4. The molecule has 1 aromatic heterocycles. The first kappa shape index (κ1) is 15.3. The molecule has 5 nitrogen and oxygen atoms in total. The van der Waals surface area contributed by atoms with E-state index in [2.05, 4.69) is 44.9 Å². The Morgan fingerprint density at radius 2 is 1.89 bits per heavy atom. The highest BCUT2D eigenvalue weighted by molar-refractivity contribution is 5.98. The van der Waals surface area contributed by atoms with Crippen molar-refractivity contribution < 1.29 is 4.79 Å². The zero-order valence-electron chi connectivity index (χ0n) is 12.4. The van der Waals surface area contributed by atoms with Gasteiger partial charge in [0.05, 0.1) is 17.4 Å². The highest BCUT2D eigenvalue weighted by Crippen LogP contribution is 2.30. The third-order valence-electron chi connectivity index (χ3n) is 2.60. The van der Waals surface area contributed by atoms with Crippen LogP contribution in [-0.4, -0.2) is 16.4 Å². The number of rotatable bonds is 4. The molecule has 19 heavy (non-hydrogen) atoms. The molecule has 0 fully saturated rings. The molecule has 0 bridgehead atoms. The molecule has 1 aromatic rings. The lowest BCUT2D eigenvalue weighted by Crippen LogP contribution is -2.36. The van der Waals surface area contributed by atoms with Crippen LogP contribution >= 0.6 is 0 Å². The fourth-order valence-electron chi connectivity index (χ4n) is 2.46. The first-order valence-electron chi connectivity index (χ1n) is 6.34. The van der Waals surface area contributed by atoms with Gasteiger partial charge < -0.3 is 16.8 Å². The van der Waals surface area contributed by atoms with Crippen molar-refractivity contribution >= 4 is 17.4 Å². The third-order valence-corrected chi connectivity index (χ3v) is 2.60. The molecule has 1 heterocycles. The monoisotopic (exact) mass is 264 g/mol. The van der Waals surface area contributed by atoms with Crippen LogP contribution in [0.15, 0.2) is 12.3 Å². The van der Waals surface area contributed by atoms with Crippen LogP contribution in [0.2, 0.25) is 0 Å². The summed E-state index contributed by atoms with van der Waals surface area (Å²) in [6.45, 7) is 10.6. The normalized spacial score (nSPS) is 12.3. The second-order valence-corrected chi connectivity index (χ2v) is 6.78. The summed E-state index contributed by atoms with van der Waals surface area (Å²) in [4.78, 5) is 15.6. The number of pyridine rings is 1. The van der Waals surface area contributed by atoms with Crippen LogP contribution in [0.5, 0.6) is 0 Å². The Kier molecular flexibility index (Phi) is 4.08. The zero-order valence-corrected chi connectivity index (χ0v) is 12.4. The van der Waals surface area contributed by atoms with E-state index in [-0.39, 0.29) is 11.0 Å². The molecule has 5 heteroatoms. The number of carbonyl (C=O) groups is 1. The quantitative estimate of drug-likeness (QED) is 0.778. The molecule has 1 amide bonds. The lowest BCUT2D eigenvalue weighted by molar-refractivity contribution is 0.100. The van der Waals surface area contributed by atoms with Crippen molar-refractivity contribution in [2.75, 3.05) is 11.1 Å². The predicted octanol–water partition coefficient (Wildman–Crippen LogP) is 2.39. The van der Waals surface area contributed by atoms with E-state index in [1.807, 2.05) is 0 Å². The van der Waals surface area contributed by atoms with Crippen molar-refractivity contribution in [3.05, 3.63) is 17.8 Å². The molecule has 0 spiro atoms. The number of primary amides is 1. The first-order valence-corrected chi connectivity index (χ1v) is 6.34. The number of aromatic nitrogens is 1. The minimum Gasteiger partial charge on any atom is -0.397 e. The molecule has 1 rings (SSSR count). The summed E-state index contributed by atoms with van der Waals surface area (Å²) >= 11 is 0. The summed E-state index contributed by atoms with van der Waals surface area (Å²) in [6, 6.07) is 1.55. The number of amides is 1. The Labute approximate surface area is 114 Å². The van der Waals surface area contributed by atoms with Crippen LogP contribution in [0.1, 0.15) is 51.4 Å². The molecular weight excluding hydrogens is 240 g/mol. The number of nitrogens with two attached hydrogens (primary N) is 2. The minimum absolute atomic E-state index is 0.164. The van der Waals surface area contributed by atoms with E-state index in [0.29, 0.717) is 17.1 Å². The Bertz CT molecular complexity index is 475. The summed E-state index contributed by atoms with van der Waals surface area (Å²) in [5.74, 6) is -0.0511. The summed E-state index contributed by atoms with van der Waals surface area (Å²) in [5, 5.41) is 3.28. The highest BCUT2D eigenvalue weighted by Gasteiger charge is 2.27. The van der Waals surface area contributed by atoms with Gasteiger partial charge in [0.2, 0.25) is 0 Å². The van der Waals surface area contributed by atoms with Gasteiger partial charge in [-0.15, -0.1) is 0 Å². The second kappa shape index (κ2) is 5.07. The van der Waals surface area contributed by atoms with Crippen molar-refractivity contribution in [1.82, 2.24) is 4.98 Å². The molecule has 0 radical (unpaired) electrons. The van der Waals surface area contributed by atoms with E-state index >= 15 is 0 Å². The maximum absolute atomic E-state index is 11.4. The van der Waals surface area contributed by atoms with Gasteiger partial charge in [0, 0.05) is 5.54 Å². The van der Waals surface area contributed by atoms with E-state index in [1.165, 1.54) is 6.20 Å². The van der Waals surface area contributed by atoms with E-state index in [1.54, 1.807) is 6.07 Å². The van der Waals surface area contributed by atoms with Crippen molar-refractivity contribution in [3.63, 3.8) is 0 Å². The van der Waals surface area contributed by atoms with E-state index < -0.39 is 5.91 Å². The first-order chi connectivity index (χ1) is 8.50. The maximum Gasteiger partial charge on any atom is 0.252 e. The number of nitrogens with zero attached hydrogens (tertiary/aromatic N) is 1. The summed E-state index contributed by atoms with van der Waals surface area (Å²) in [5.41, 5.74) is 11.7. The number of nitrogens with one attached hydrogen (secondary N) is 1. The molecule has 0 aliphatic carbocycles. The topological polar surface area (TPSA) is 94.0 Å². The van der Waals surface area contributed by atoms with Crippen LogP contribution in [0.4, 0.5) is 11.5 Å². The highest BCUT2D eigenvalue weighted by atomic mass is 16.1. The maximum atomic E-state index is 11.4. The van der Waals surface area contributed by atoms with Gasteiger partial charge in [-0.3, -0.25) is 4.79 Å². The molecule has 0 aliphatic heterocycles. The van der Waals surface area contributed by atoms with Crippen LogP contribution in [0.25, 0.3) is 0 Å². The molecule has 0 unspecified atom stereocenters. The van der Waals surface area contributed by atoms with Gasteiger partial charge in [0.25, 0.3) is 5.91 Å². The number of anilines is 2. The van der Waals surface area contributed by atoms with Crippen LogP contribution in [-0.2, 0) is 0 Å². The van der Waals surface area contributed by atoms with E-state index in [0.717, 1.165) is 6.42 Å². The van der Waals surface area contributed by atoms with Crippen LogP contribution < -0.4 is 16.8 Å². The van der Waals surface area contributed by atoms with Gasteiger partial charge in [-0.2, -0.15) is 0 Å². The molecular formula is C14H24N4O. The lowest BCUT2D eigenvalue weighted by Gasteiger charge is -2.34. The summed E-state index contributed by atoms with van der Waals surface area (Å²) in [6.07, 6.45) is 2.44. The van der Waals surface area contributed by atoms with Gasteiger partial charge in [-0.1, -0.05) is 20.8 Å². The van der Waals surface area contributed by atoms with Gasteiger partial charge >= 0.3 is 0 Å². The molecule has 0 saturated carbocycles. The largest absolute Gasteiger partial charge is 0.397 e. The summed E-state index contributed by atoms with van der Waals surface area (Å²) < 4.78 is 0. The SMILES string of the molecule is CC(C)(C)CC(C)(C)Nc1ncc(N)cc1C(N)=O. The van der Waals surface area contributed by atoms with Crippen LogP contribution in [0.3, 0.4) is 0 Å². The number of nitrogen functional groups attached to an aromatic ring is 1. The van der Waals surface area contributed by atoms with Gasteiger partial charge in [-0.25, -0.2) is 4.98 Å².